The molecule has 1 aliphatic heterocycles. The van der Waals surface area contributed by atoms with Crippen molar-refractivity contribution in [2.75, 3.05) is 39.8 Å². The van der Waals surface area contributed by atoms with Gasteiger partial charge in [0.25, 0.3) is 0 Å². The first-order valence-electron chi connectivity index (χ1n) is 9.09. The van der Waals surface area contributed by atoms with Crippen molar-refractivity contribution in [2.45, 2.75) is 17.9 Å². The number of benzene rings is 2. The van der Waals surface area contributed by atoms with Gasteiger partial charge in [0.05, 0.1) is 4.90 Å². The lowest BCUT2D eigenvalue weighted by atomic mass is 10.0. The second-order valence-corrected chi connectivity index (χ2v) is 8.84. The van der Waals surface area contributed by atoms with Gasteiger partial charge in [-0.3, -0.25) is 4.90 Å². The lowest BCUT2D eigenvalue weighted by Crippen LogP contribution is -2.48. The van der Waals surface area contributed by atoms with E-state index in [0.29, 0.717) is 0 Å². The van der Waals surface area contributed by atoms with E-state index in [0.717, 1.165) is 43.9 Å². The molecule has 146 valence electrons. The maximum Gasteiger partial charge on any atom is 0.240 e. The minimum absolute atomic E-state index is 0.0467. The average molecular weight is 392 g/mol. The van der Waals surface area contributed by atoms with Crippen LogP contribution in [0.5, 0.6) is 0 Å². The molecule has 3 rings (SSSR count). The fraction of sp³-hybridized carbons (Fsp3) is 0.400. The minimum Gasteiger partial charge on any atom is -0.304 e. The number of nitrogens with one attached hydrogen (secondary N) is 1. The average Bonchev–Trinajstić information content (AvgIpc) is 2.65. The van der Waals surface area contributed by atoms with E-state index in [1.165, 1.54) is 17.7 Å². The molecule has 0 unspecified atom stereocenters. The van der Waals surface area contributed by atoms with E-state index in [2.05, 4.69) is 33.7 Å². The highest BCUT2D eigenvalue weighted by atomic mass is 32.2. The molecule has 2 aromatic rings. The van der Waals surface area contributed by atoms with Crippen molar-refractivity contribution >= 4 is 10.0 Å². The van der Waals surface area contributed by atoms with E-state index >= 15 is 0 Å². The fourth-order valence-corrected chi connectivity index (χ4v) is 4.30. The van der Waals surface area contributed by atoms with E-state index in [1.54, 1.807) is 0 Å². The third kappa shape index (κ3) is 5.13. The molecule has 1 heterocycles. The third-order valence-electron chi connectivity index (χ3n) is 5.03. The Bertz CT molecular complexity index is 846. The number of nitrogens with zero attached hydrogens (tertiary/aromatic N) is 2. The van der Waals surface area contributed by atoms with Crippen LogP contribution in [0, 0.1) is 12.7 Å². The molecule has 2 aromatic carbocycles. The second kappa shape index (κ2) is 8.48. The summed E-state index contributed by atoms with van der Waals surface area (Å²) < 4.78 is 41.0. The fourth-order valence-electron chi connectivity index (χ4n) is 3.27. The van der Waals surface area contributed by atoms with Crippen LogP contribution >= 0.6 is 0 Å². The summed E-state index contributed by atoms with van der Waals surface area (Å²) in [6.07, 6.45) is 0. The van der Waals surface area contributed by atoms with Crippen LogP contribution in [0.1, 0.15) is 17.2 Å². The molecule has 0 bridgehead atoms. The second-order valence-electron chi connectivity index (χ2n) is 7.07. The van der Waals surface area contributed by atoms with Gasteiger partial charge in [-0.25, -0.2) is 17.5 Å². The monoisotopic (exact) mass is 391 g/mol. The molecule has 1 saturated heterocycles. The van der Waals surface area contributed by atoms with Gasteiger partial charge in [-0.15, -0.1) is 0 Å². The Morgan fingerprint density at radius 1 is 1.00 bits per heavy atom. The number of likely N-dealkylation sites (N-methyl/N-ethyl adjacent to an activating group) is 1. The topological polar surface area (TPSA) is 52.7 Å². The molecule has 7 heteroatoms. The molecule has 1 fully saturated rings. The van der Waals surface area contributed by atoms with E-state index in [1.807, 2.05) is 19.1 Å². The molecule has 1 N–H and O–H groups in total. The Kier molecular flexibility index (Phi) is 6.26. The maximum atomic E-state index is 13.1. The highest BCUT2D eigenvalue weighted by molar-refractivity contribution is 7.89. The van der Waals surface area contributed by atoms with Crippen molar-refractivity contribution in [1.29, 1.82) is 0 Å². The molecular formula is C20H26FN3O2S. The molecule has 0 amide bonds. The van der Waals surface area contributed by atoms with Crippen molar-refractivity contribution in [2.24, 2.45) is 0 Å². The first kappa shape index (κ1) is 19.9. The Balaban J connectivity index is 1.78. The van der Waals surface area contributed by atoms with Gasteiger partial charge < -0.3 is 4.90 Å². The number of sulfonamides is 1. The lowest BCUT2D eigenvalue weighted by Gasteiger charge is -2.38. The smallest absolute Gasteiger partial charge is 0.240 e. The van der Waals surface area contributed by atoms with Gasteiger partial charge in [-0.1, -0.05) is 29.8 Å². The van der Waals surface area contributed by atoms with Crippen LogP contribution in [-0.4, -0.2) is 58.0 Å². The molecule has 0 saturated carbocycles. The predicted octanol–water partition coefficient (Wildman–Crippen LogP) is 2.40. The summed E-state index contributed by atoms with van der Waals surface area (Å²) in [6.45, 7) is 5.97. The summed E-state index contributed by atoms with van der Waals surface area (Å²) in [7, 11) is -1.60. The number of hydrogen-bond acceptors (Lipinski definition) is 4. The minimum atomic E-state index is -3.69. The highest BCUT2D eigenvalue weighted by Crippen LogP contribution is 2.23. The number of rotatable bonds is 6. The van der Waals surface area contributed by atoms with Crippen LogP contribution in [-0.2, 0) is 10.0 Å². The maximum absolute atomic E-state index is 13.1. The largest absolute Gasteiger partial charge is 0.304 e. The number of aryl methyl sites for hydroxylation is 1. The van der Waals surface area contributed by atoms with E-state index < -0.39 is 15.8 Å². The lowest BCUT2D eigenvalue weighted by molar-refractivity contribution is 0.113. The molecule has 27 heavy (non-hydrogen) atoms. The zero-order valence-corrected chi connectivity index (χ0v) is 16.5. The van der Waals surface area contributed by atoms with Crippen molar-refractivity contribution in [3.63, 3.8) is 0 Å². The zero-order valence-electron chi connectivity index (χ0n) is 15.7. The zero-order chi connectivity index (χ0) is 19.4. The Hall–Kier alpha value is -1.80. The molecule has 5 nitrogen and oxygen atoms in total. The molecule has 1 atom stereocenters. The van der Waals surface area contributed by atoms with E-state index in [4.69, 9.17) is 0 Å². The van der Waals surface area contributed by atoms with Gasteiger partial charge in [0.2, 0.25) is 10.0 Å². The van der Waals surface area contributed by atoms with Crippen LogP contribution < -0.4 is 4.72 Å². The Labute approximate surface area is 160 Å². The molecule has 0 aliphatic carbocycles. The third-order valence-corrected chi connectivity index (χ3v) is 6.47. The van der Waals surface area contributed by atoms with E-state index in [9.17, 15) is 12.8 Å². The summed E-state index contributed by atoms with van der Waals surface area (Å²) in [6, 6.07) is 13.1. The molecule has 1 aliphatic rings. The van der Waals surface area contributed by atoms with Crippen LogP contribution in [0.25, 0.3) is 0 Å². The first-order chi connectivity index (χ1) is 12.8. The van der Waals surface area contributed by atoms with Crippen LogP contribution in [0.2, 0.25) is 0 Å². The van der Waals surface area contributed by atoms with Gasteiger partial charge in [0.1, 0.15) is 5.82 Å². The quantitative estimate of drug-likeness (QED) is 0.822. The van der Waals surface area contributed by atoms with Gasteiger partial charge in [0, 0.05) is 38.8 Å². The Morgan fingerprint density at radius 3 is 2.19 bits per heavy atom. The van der Waals surface area contributed by atoms with Gasteiger partial charge >= 0.3 is 0 Å². The Morgan fingerprint density at radius 2 is 1.59 bits per heavy atom. The van der Waals surface area contributed by atoms with Crippen molar-refractivity contribution < 1.29 is 12.8 Å². The number of halogens is 1. The molecular weight excluding hydrogens is 365 g/mol. The molecule has 0 aromatic heterocycles. The predicted molar refractivity (Wildman–Crippen MR) is 105 cm³/mol. The van der Waals surface area contributed by atoms with Crippen LogP contribution in [0.4, 0.5) is 4.39 Å². The number of piperazine rings is 1. The van der Waals surface area contributed by atoms with Gasteiger partial charge in [-0.05, 0) is 43.8 Å². The van der Waals surface area contributed by atoms with Crippen molar-refractivity contribution in [3.8, 4) is 0 Å². The first-order valence-corrected chi connectivity index (χ1v) is 10.6. The number of hydrogen-bond donors (Lipinski definition) is 1. The summed E-state index contributed by atoms with van der Waals surface area (Å²) in [5.41, 5.74) is 2.26. The van der Waals surface area contributed by atoms with Crippen LogP contribution in [0.15, 0.2) is 53.4 Å². The standard InChI is InChI=1S/C20H26FN3O2S/c1-16-3-5-17(6-4-16)20(24-13-11-23(2)12-14-24)15-22-27(25,26)19-9-7-18(21)8-10-19/h3-10,20,22H,11-15H2,1-2H3/t20-/m0/s1. The SMILES string of the molecule is Cc1ccc([C@H](CNS(=O)(=O)c2ccc(F)cc2)N2CCN(C)CC2)cc1. The normalized spacial score (nSPS) is 17.7. The summed E-state index contributed by atoms with van der Waals surface area (Å²) in [4.78, 5) is 4.66. The van der Waals surface area contributed by atoms with Crippen molar-refractivity contribution in [1.82, 2.24) is 14.5 Å². The van der Waals surface area contributed by atoms with Gasteiger partial charge in [-0.2, -0.15) is 0 Å². The molecule has 0 spiro atoms. The molecule has 0 radical (unpaired) electrons. The highest BCUT2D eigenvalue weighted by Gasteiger charge is 2.26. The van der Waals surface area contributed by atoms with Crippen LogP contribution in [0.3, 0.4) is 0 Å². The summed E-state index contributed by atoms with van der Waals surface area (Å²) in [5.74, 6) is -0.455. The van der Waals surface area contributed by atoms with Gasteiger partial charge in [0.15, 0.2) is 0 Å². The summed E-state index contributed by atoms with van der Waals surface area (Å²) >= 11 is 0. The van der Waals surface area contributed by atoms with E-state index in [-0.39, 0.29) is 17.5 Å². The summed E-state index contributed by atoms with van der Waals surface area (Å²) in [5, 5.41) is 0. The van der Waals surface area contributed by atoms with Crippen molar-refractivity contribution in [3.05, 3.63) is 65.5 Å².